The van der Waals surface area contributed by atoms with E-state index in [1.54, 1.807) is 19.2 Å². The Kier molecular flexibility index (Phi) is 5.18. The van der Waals surface area contributed by atoms with Crippen molar-refractivity contribution in [1.29, 1.82) is 0 Å². The van der Waals surface area contributed by atoms with E-state index in [1.165, 1.54) is 6.07 Å². The average Bonchev–Trinajstić information content (AvgIpc) is 2.42. The standard InChI is InChI=1S/C15H14Br2FNO/c1-20-15-5-2-9(6-12(15)17)7-14(19)10-3-4-13(18)11(16)8-10/h2-6,8,14H,7,19H2,1H3. The van der Waals surface area contributed by atoms with Gasteiger partial charge in [0.15, 0.2) is 0 Å². The number of benzene rings is 2. The van der Waals surface area contributed by atoms with Crippen LogP contribution >= 0.6 is 31.9 Å². The minimum atomic E-state index is -0.284. The second-order valence-electron chi connectivity index (χ2n) is 4.45. The van der Waals surface area contributed by atoms with Gasteiger partial charge in [0, 0.05) is 6.04 Å². The first kappa shape index (κ1) is 15.5. The summed E-state index contributed by atoms with van der Waals surface area (Å²) in [6, 6.07) is 10.5. The van der Waals surface area contributed by atoms with Crippen LogP contribution in [0.2, 0.25) is 0 Å². The van der Waals surface area contributed by atoms with Crippen molar-refractivity contribution in [2.45, 2.75) is 12.5 Å². The van der Waals surface area contributed by atoms with Gasteiger partial charge in [0.25, 0.3) is 0 Å². The minimum absolute atomic E-state index is 0.188. The molecule has 0 saturated carbocycles. The number of nitrogens with two attached hydrogens (primary N) is 1. The summed E-state index contributed by atoms with van der Waals surface area (Å²) in [5.41, 5.74) is 8.16. The SMILES string of the molecule is COc1ccc(CC(N)c2ccc(F)c(Br)c2)cc1Br. The van der Waals surface area contributed by atoms with Gasteiger partial charge in [-0.3, -0.25) is 0 Å². The Bertz CT molecular complexity index is 619. The van der Waals surface area contributed by atoms with Gasteiger partial charge in [-0.2, -0.15) is 0 Å². The molecule has 2 nitrogen and oxygen atoms in total. The Balaban J connectivity index is 2.16. The summed E-state index contributed by atoms with van der Waals surface area (Å²) in [6.45, 7) is 0. The smallest absolute Gasteiger partial charge is 0.137 e. The first-order valence-electron chi connectivity index (χ1n) is 6.04. The van der Waals surface area contributed by atoms with E-state index in [-0.39, 0.29) is 11.9 Å². The summed E-state index contributed by atoms with van der Waals surface area (Å²) in [7, 11) is 1.63. The summed E-state index contributed by atoms with van der Waals surface area (Å²) in [5, 5.41) is 0. The van der Waals surface area contributed by atoms with E-state index in [4.69, 9.17) is 10.5 Å². The molecule has 0 fully saturated rings. The van der Waals surface area contributed by atoms with Crippen molar-refractivity contribution in [2.75, 3.05) is 7.11 Å². The third-order valence-electron chi connectivity index (χ3n) is 3.04. The van der Waals surface area contributed by atoms with E-state index in [1.807, 2.05) is 18.2 Å². The lowest BCUT2D eigenvalue weighted by molar-refractivity contribution is 0.412. The van der Waals surface area contributed by atoms with Crippen LogP contribution in [0.1, 0.15) is 17.2 Å². The maximum Gasteiger partial charge on any atom is 0.137 e. The fraction of sp³-hybridized carbons (Fsp3) is 0.200. The molecular formula is C15H14Br2FNO. The maximum absolute atomic E-state index is 13.2. The molecule has 0 amide bonds. The molecule has 2 N–H and O–H groups in total. The van der Waals surface area contributed by atoms with E-state index >= 15 is 0 Å². The van der Waals surface area contributed by atoms with Gasteiger partial charge >= 0.3 is 0 Å². The van der Waals surface area contributed by atoms with E-state index in [2.05, 4.69) is 31.9 Å². The molecule has 1 unspecified atom stereocenters. The highest BCUT2D eigenvalue weighted by atomic mass is 79.9. The second kappa shape index (κ2) is 6.70. The van der Waals surface area contributed by atoms with Gasteiger partial charge in [-0.15, -0.1) is 0 Å². The van der Waals surface area contributed by atoms with Gasteiger partial charge < -0.3 is 10.5 Å². The van der Waals surface area contributed by atoms with Crippen molar-refractivity contribution in [3.63, 3.8) is 0 Å². The van der Waals surface area contributed by atoms with Crippen LogP contribution in [0.3, 0.4) is 0 Å². The predicted octanol–water partition coefficient (Wildman–Crippen LogP) is 4.60. The zero-order valence-corrected chi connectivity index (χ0v) is 14.0. The van der Waals surface area contributed by atoms with Crippen LogP contribution in [0.4, 0.5) is 4.39 Å². The van der Waals surface area contributed by atoms with Gasteiger partial charge in [-0.05, 0) is 73.7 Å². The first-order chi connectivity index (χ1) is 9.51. The van der Waals surface area contributed by atoms with E-state index in [0.29, 0.717) is 10.9 Å². The molecule has 0 aliphatic heterocycles. The van der Waals surface area contributed by atoms with E-state index in [0.717, 1.165) is 21.3 Å². The molecular weight excluding hydrogens is 389 g/mol. The van der Waals surface area contributed by atoms with Gasteiger partial charge in [0.2, 0.25) is 0 Å². The van der Waals surface area contributed by atoms with E-state index < -0.39 is 0 Å². The summed E-state index contributed by atoms with van der Waals surface area (Å²) >= 11 is 6.63. The number of hydrogen-bond donors (Lipinski definition) is 1. The zero-order chi connectivity index (χ0) is 14.7. The van der Waals surface area contributed by atoms with Crippen molar-refractivity contribution in [3.8, 4) is 5.75 Å². The Hall–Kier alpha value is -0.910. The largest absolute Gasteiger partial charge is 0.496 e. The molecule has 2 rings (SSSR count). The van der Waals surface area contributed by atoms with E-state index in [9.17, 15) is 4.39 Å². The Morgan fingerprint density at radius 3 is 2.50 bits per heavy atom. The lowest BCUT2D eigenvalue weighted by Gasteiger charge is -2.14. The highest BCUT2D eigenvalue weighted by molar-refractivity contribution is 9.10. The fourth-order valence-corrected chi connectivity index (χ4v) is 2.94. The Morgan fingerprint density at radius 1 is 1.15 bits per heavy atom. The summed E-state index contributed by atoms with van der Waals surface area (Å²) in [6.07, 6.45) is 0.667. The van der Waals surface area contributed by atoms with Crippen molar-refractivity contribution >= 4 is 31.9 Å². The molecule has 106 valence electrons. The molecule has 0 heterocycles. The molecule has 0 bridgehead atoms. The summed E-state index contributed by atoms with van der Waals surface area (Å²) in [5.74, 6) is 0.500. The van der Waals surface area contributed by atoms with Crippen LogP contribution in [-0.4, -0.2) is 7.11 Å². The average molecular weight is 403 g/mol. The molecule has 0 saturated heterocycles. The lowest BCUT2D eigenvalue weighted by atomic mass is 10.00. The molecule has 2 aromatic rings. The topological polar surface area (TPSA) is 35.2 Å². The molecule has 20 heavy (non-hydrogen) atoms. The van der Waals surface area contributed by atoms with Crippen LogP contribution in [0, 0.1) is 5.82 Å². The second-order valence-corrected chi connectivity index (χ2v) is 6.16. The quantitative estimate of drug-likeness (QED) is 0.810. The number of methoxy groups -OCH3 is 1. The van der Waals surface area contributed by atoms with Crippen LogP contribution in [0.25, 0.3) is 0 Å². The maximum atomic E-state index is 13.2. The minimum Gasteiger partial charge on any atom is -0.496 e. The molecule has 1 atom stereocenters. The highest BCUT2D eigenvalue weighted by Gasteiger charge is 2.11. The number of rotatable bonds is 4. The Morgan fingerprint density at radius 2 is 1.90 bits per heavy atom. The molecule has 2 aromatic carbocycles. The first-order valence-corrected chi connectivity index (χ1v) is 7.63. The summed E-state index contributed by atoms with van der Waals surface area (Å²) in [4.78, 5) is 0. The van der Waals surface area contributed by atoms with Crippen molar-refractivity contribution in [1.82, 2.24) is 0 Å². The molecule has 0 aromatic heterocycles. The van der Waals surface area contributed by atoms with Crippen LogP contribution in [0.5, 0.6) is 5.75 Å². The molecule has 5 heteroatoms. The Labute approximate surface area is 134 Å². The molecule has 0 spiro atoms. The van der Waals surface area contributed by atoms with Gasteiger partial charge in [0.1, 0.15) is 11.6 Å². The van der Waals surface area contributed by atoms with Gasteiger partial charge in [0.05, 0.1) is 16.1 Å². The third kappa shape index (κ3) is 3.59. The zero-order valence-electron chi connectivity index (χ0n) is 10.9. The number of hydrogen-bond acceptors (Lipinski definition) is 2. The van der Waals surface area contributed by atoms with Crippen molar-refractivity contribution in [3.05, 3.63) is 62.3 Å². The fourth-order valence-electron chi connectivity index (χ4n) is 1.95. The van der Waals surface area contributed by atoms with Crippen LogP contribution in [0.15, 0.2) is 45.3 Å². The highest BCUT2D eigenvalue weighted by Crippen LogP contribution is 2.28. The number of halogens is 3. The van der Waals surface area contributed by atoms with Gasteiger partial charge in [-0.25, -0.2) is 4.39 Å². The monoisotopic (exact) mass is 401 g/mol. The normalized spacial score (nSPS) is 12.2. The summed E-state index contributed by atoms with van der Waals surface area (Å²) < 4.78 is 19.7. The van der Waals surface area contributed by atoms with Crippen molar-refractivity contribution < 1.29 is 9.13 Å². The number of ether oxygens (including phenoxy) is 1. The third-order valence-corrected chi connectivity index (χ3v) is 4.27. The lowest BCUT2D eigenvalue weighted by Crippen LogP contribution is -2.13. The van der Waals surface area contributed by atoms with Gasteiger partial charge in [-0.1, -0.05) is 12.1 Å². The molecule has 0 radical (unpaired) electrons. The predicted molar refractivity (Wildman–Crippen MR) is 85.4 cm³/mol. The molecule has 0 aliphatic rings. The van der Waals surface area contributed by atoms with Crippen molar-refractivity contribution in [2.24, 2.45) is 5.73 Å². The molecule has 0 aliphatic carbocycles. The van der Waals surface area contributed by atoms with Crippen LogP contribution < -0.4 is 10.5 Å². The van der Waals surface area contributed by atoms with Crippen LogP contribution in [-0.2, 0) is 6.42 Å².